The van der Waals surface area contributed by atoms with Gasteiger partial charge >= 0.3 is 0 Å². The minimum absolute atomic E-state index is 0. The van der Waals surface area contributed by atoms with E-state index >= 15 is 0 Å². The number of nitrogens with zero attached hydrogens (tertiary/aromatic N) is 3. The third-order valence-corrected chi connectivity index (χ3v) is 13.4. The Morgan fingerprint density at radius 3 is 1.70 bits per heavy atom. The van der Waals surface area contributed by atoms with Crippen LogP contribution in [0.5, 0.6) is 5.75 Å². The van der Waals surface area contributed by atoms with Gasteiger partial charge in [0.05, 0.1) is 22.3 Å². The Balaban J connectivity index is 0.00000711. The fraction of sp³-hybridized carbons (Fsp3) is 0.262. The molecule has 0 aliphatic carbocycles. The topological polar surface area (TPSA) is 50.9 Å². The third-order valence-electron chi connectivity index (χ3n) is 13.4. The van der Waals surface area contributed by atoms with Gasteiger partial charge in [0.15, 0.2) is 0 Å². The molecule has 0 atom stereocenters. The number of para-hydroxylation sites is 2. The predicted molar refractivity (Wildman–Crippen MR) is 292 cm³/mol. The van der Waals surface area contributed by atoms with Gasteiger partial charge in [0.2, 0.25) is 0 Å². The molecule has 0 saturated heterocycles. The molecule has 358 valence electrons. The molecule has 0 spiro atoms. The Hall–Kier alpha value is -6.35. The molecule has 2 heterocycles. The monoisotopic (exact) mass is 1100 g/mol. The van der Waals surface area contributed by atoms with Crippen LogP contribution in [-0.2, 0) is 42.7 Å². The fourth-order valence-corrected chi connectivity index (χ4v) is 9.29. The van der Waals surface area contributed by atoms with E-state index in [9.17, 15) is 5.11 Å². The van der Waals surface area contributed by atoms with Crippen LogP contribution in [0.3, 0.4) is 0 Å². The molecule has 70 heavy (non-hydrogen) atoms. The van der Waals surface area contributed by atoms with Crippen LogP contribution in [0.1, 0.15) is 115 Å². The first-order valence-corrected chi connectivity index (χ1v) is 24.1. The van der Waals surface area contributed by atoms with Gasteiger partial charge < -0.3 is 5.11 Å². The zero-order chi connectivity index (χ0) is 51.7. The Morgan fingerprint density at radius 1 is 0.500 bits per heavy atom. The van der Waals surface area contributed by atoms with Crippen molar-refractivity contribution in [2.45, 2.75) is 112 Å². The zero-order valence-electron chi connectivity index (χ0n) is 45.6. The number of aromatic nitrogens is 3. The van der Waals surface area contributed by atoms with Gasteiger partial charge in [0, 0.05) is 42.6 Å². The number of pyridine rings is 1. The van der Waals surface area contributed by atoms with Gasteiger partial charge in [-0.1, -0.05) is 203 Å². The molecule has 0 amide bonds. The normalized spacial score (nSPS) is 13.1. The van der Waals surface area contributed by atoms with Gasteiger partial charge in [-0.05, 0) is 109 Å². The van der Waals surface area contributed by atoms with Crippen LogP contribution < -0.4 is 0 Å². The Morgan fingerprint density at radius 2 is 1.09 bits per heavy atom. The van der Waals surface area contributed by atoms with Crippen molar-refractivity contribution in [2.75, 3.05) is 0 Å². The molecule has 0 bridgehead atoms. The van der Waals surface area contributed by atoms with Crippen molar-refractivity contribution in [3.63, 3.8) is 0 Å². The SMILES string of the molecule is [2H]C([2H])([2H])c1cc(-n2c(-c3cccc(C(C)(C)C)c3O)nc3c(-c4[c-]c(-c5cc(-c6ccc(C(C)(C)C)cc6)ccn5)cc(C(C)(C)C)c4)cccc32)c(-c2ccccc2)cc1-c1ccc(C(C)(C)C)cc1.[Pt]. The standard InChI is InChI=1S/C65H66N3O.Pt/c1-41-35-58(54(43-19-15-14-16-20-43)40-53(41)44-27-31-49(32-28-44)63(5,6)7)68-57-24-18-21-51(59(57)67-61(68)52-22-17-23-55(60(52)69)65(11,12)13)46-36-47(38-50(37-46)64(8,9)10)56-39-45(33-34-66-56)42-25-29-48(30-26-42)62(2,3)4;/h14-35,37-40,69H,1-13H3;/q-1;/i1D3;. The number of fused-ring (bicyclic) bond motifs is 1. The van der Waals surface area contributed by atoms with E-state index < -0.39 is 12.3 Å². The minimum Gasteiger partial charge on any atom is -0.507 e. The number of aromatic hydroxyl groups is 1. The van der Waals surface area contributed by atoms with Crippen LogP contribution in [0.4, 0.5) is 0 Å². The van der Waals surface area contributed by atoms with E-state index in [1.807, 2.05) is 79.0 Å². The van der Waals surface area contributed by atoms with Crippen LogP contribution in [0, 0.1) is 12.9 Å². The summed E-state index contributed by atoms with van der Waals surface area (Å²) >= 11 is 0. The third kappa shape index (κ3) is 9.86. The molecule has 0 aliphatic heterocycles. The number of imidazole rings is 1. The number of rotatable bonds is 7. The van der Waals surface area contributed by atoms with Gasteiger partial charge in [0.1, 0.15) is 11.6 Å². The van der Waals surface area contributed by atoms with Gasteiger partial charge in [0.25, 0.3) is 0 Å². The summed E-state index contributed by atoms with van der Waals surface area (Å²) in [6.07, 6.45) is 1.87. The molecule has 7 aromatic carbocycles. The van der Waals surface area contributed by atoms with E-state index in [2.05, 4.69) is 173 Å². The second-order valence-electron chi connectivity index (χ2n) is 22.7. The fourth-order valence-electron chi connectivity index (χ4n) is 9.29. The molecular weight excluding hydrogens is 1030 g/mol. The summed E-state index contributed by atoms with van der Waals surface area (Å²) in [5.41, 5.74) is 15.2. The summed E-state index contributed by atoms with van der Waals surface area (Å²) in [5, 5.41) is 12.4. The van der Waals surface area contributed by atoms with Crippen molar-refractivity contribution < 1.29 is 30.3 Å². The zero-order valence-corrected chi connectivity index (χ0v) is 44.9. The van der Waals surface area contributed by atoms with Crippen molar-refractivity contribution in [1.29, 1.82) is 0 Å². The van der Waals surface area contributed by atoms with Gasteiger partial charge in [-0.2, -0.15) is 0 Å². The van der Waals surface area contributed by atoms with Crippen molar-refractivity contribution in [1.82, 2.24) is 14.5 Å². The first-order chi connectivity index (χ1) is 33.8. The van der Waals surface area contributed by atoms with E-state index in [0.717, 1.165) is 72.4 Å². The average Bonchev–Trinajstić information content (AvgIpc) is 3.72. The van der Waals surface area contributed by atoms with Crippen LogP contribution >= 0.6 is 0 Å². The largest absolute Gasteiger partial charge is 0.507 e. The molecule has 1 N–H and O–H groups in total. The molecule has 9 aromatic rings. The predicted octanol–water partition coefficient (Wildman–Crippen LogP) is 17.4. The molecule has 0 radical (unpaired) electrons. The summed E-state index contributed by atoms with van der Waals surface area (Å²) in [6.45, 7) is 23.6. The maximum atomic E-state index is 12.4. The number of phenolic OH excluding ortho intramolecular Hbond substituents is 1. The molecule has 4 nitrogen and oxygen atoms in total. The molecule has 0 saturated carbocycles. The Labute approximate surface area is 435 Å². The van der Waals surface area contributed by atoms with E-state index in [-0.39, 0.29) is 48.6 Å². The van der Waals surface area contributed by atoms with Crippen LogP contribution in [0.15, 0.2) is 158 Å². The van der Waals surface area contributed by atoms with Gasteiger partial charge in [-0.25, -0.2) is 4.98 Å². The number of hydrogen-bond donors (Lipinski definition) is 1. The average molecular weight is 1100 g/mol. The maximum Gasteiger partial charge on any atom is 0.148 e. The van der Waals surface area contributed by atoms with Crippen LogP contribution in [-0.4, -0.2) is 19.6 Å². The van der Waals surface area contributed by atoms with Crippen molar-refractivity contribution in [3.05, 3.63) is 192 Å². The van der Waals surface area contributed by atoms with E-state index in [1.54, 1.807) is 0 Å². The molecule has 0 unspecified atom stereocenters. The second-order valence-corrected chi connectivity index (χ2v) is 22.7. The summed E-state index contributed by atoms with van der Waals surface area (Å²) in [7, 11) is 0. The summed E-state index contributed by atoms with van der Waals surface area (Å²) in [4.78, 5) is 10.5. The van der Waals surface area contributed by atoms with Crippen molar-refractivity contribution in [2.24, 2.45) is 0 Å². The van der Waals surface area contributed by atoms with Gasteiger partial charge in [-0.15, -0.1) is 29.3 Å². The number of phenols is 1. The van der Waals surface area contributed by atoms with Crippen LogP contribution in [0.25, 0.3) is 83.9 Å². The summed E-state index contributed by atoms with van der Waals surface area (Å²) in [5.74, 6) is 0.606. The smallest absolute Gasteiger partial charge is 0.148 e. The van der Waals surface area contributed by atoms with E-state index in [0.29, 0.717) is 28.2 Å². The quantitative estimate of drug-likeness (QED) is 0.162. The molecular formula is C65H66N3OPt-. The van der Waals surface area contributed by atoms with Gasteiger partial charge in [-0.3, -0.25) is 9.55 Å². The van der Waals surface area contributed by atoms with E-state index in [4.69, 9.17) is 14.1 Å². The van der Waals surface area contributed by atoms with Crippen molar-refractivity contribution >= 4 is 11.0 Å². The Kier molecular flexibility index (Phi) is 12.3. The van der Waals surface area contributed by atoms with Crippen molar-refractivity contribution in [3.8, 4) is 78.6 Å². The number of hydrogen-bond acceptors (Lipinski definition) is 3. The molecule has 0 aliphatic rings. The van der Waals surface area contributed by atoms with E-state index in [1.165, 1.54) is 5.56 Å². The maximum absolute atomic E-state index is 12.4. The first-order valence-electron chi connectivity index (χ1n) is 25.6. The molecule has 5 heteroatoms. The Bertz CT molecular complexity index is 3470. The van der Waals surface area contributed by atoms with Crippen LogP contribution in [0.2, 0.25) is 0 Å². The second kappa shape index (κ2) is 18.8. The molecule has 2 aromatic heterocycles. The minimum atomic E-state index is -2.49. The molecule has 9 rings (SSSR count). The number of aryl methyl sites for hydroxylation is 1. The first kappa shape index (κ1) is 46.1. The summed E-state index contributed by atoms with van der Waals surface area (Å²) < 4.78 is 29.3. The molecule has 0 fully saturated rings. The number of benzene rings is 7. The summed E-state index contributed by atoms with van der Waals surface area (Å²) in [6, 6.07) is 55.4.